The number of carboxylic acid groups (broad SMARTS) is 1. The van der Waals surface area contributed by atoms with Gasteiger partial charge in [0.05, 0.1) is 0 Å². The second-order valence-corrected chi connectivity index (χ2v) is 2.39. The van der Waals surface area contributed by atoms with Crippen LogP contribution in [0, 0.1) is 5.92 Å². The minimum atomic E-state index is -1.08. The van der Waals surface area contributed by atoms with E-state index in [1.807, 2.05) is 0 Å². The van der Waals surface area contributed by atoms with Crippen molar-refractivity contribution in [3.05, 3.63) is 0 Å². The maximum Gasteiger partial charge on any atom is 0.358 e. The van der Waals surface area contributed by atoms with Gasteiger partial charge in [-0.3, -0.25) is 0 Å². The van der Waals surface area contributed by atoms with Crippen LogP contribution in [0.15, 0.2) is 10.2 Å². The number of hydrogen-bond donors (Lipinski definition) is 1. The summed E-state index contributed by atoms with van der Waals surface area (Å²) >= 11 is 0. The molecule has 0 aromatic rings. The highest BCUT2D eigenvalue weighted by Gasteiger charge is 2.51. The van der Waals surface area contributed by atoms with Crippen LogP contribution in [0.2, 0.25) is 0 Å². The molecular formula is C5H8N2O2. The zero-order chi connectivity index (χ0) is 7.07. The summed E-state index contributed by atoms with van der Waals surface area (Å²) in [6, 6.07) is 0. The molecule has 0 fully saturated rings. The van der Waals surface area contributed by atoms with Gasteiger partial charge in [-0.05, 0) is 0 Å². The summed E-state index contributed by atoms with van der Waals surface area (Å²) in [5.74, 6) is -0.979. The van der Waals surface area contributed by atoms with Crippen molar-refractivity contribution in [1.82, 2.24) is 0 Å². The quantitative estimate of drug-likeness (QED) is 0.600. The molecule has 0 aromatic carbocycles. The van der Waals surface area contributed by atoms with Gasteiger partial charge in [-0.1, -0.05) is 13.8 Å². The van der Waals surface area contributed by atoms with Gasteiger partial charge in [0.25, 0.3) is 5.66 Å². The molecule has 1 aliphatic rings. The Morgan fingerprint density at radius 1 is 1.56 bits per heavy atom. The van der Waals surface area contributed by atoms with Gasteiger partial charge in [-0.15, -0.1) is 10.2 Å². The minimum Gasteiger partial charge on any atom is -0.478 e. The van der Waals surface area contributed by atoms with E-state index in [9.17, 15) is 4.79 Å². The fourth-order valence-electron chi connectivity index (χ4n) is 0.617. The Balaban J connectivity index is 2.65. The molecule has 0 saturated heterocycles. The Labute approximate surface area is 52.6 Å². The van der Waals surface area contributed by atoms with Crippen molar-refractivity contribution in [2.45, 2.75) is 19.5 Å². The summed E-state index contributed by atoms with van der Waals surface area (Å²) in [5.41, 5.74) is -1.08. The van der Waals surface area contributed by atoms with Crippen molar-refractivity contribution in [2.75, 3.05) is 0 Å². The molecule has 1 aliphatic heterocycles. The van der Waals surface area contributed by atoms with E-state index < -0.39 is 11.6 Å². The van der Waals surface area contributed by atoms with Gasteiger partial charge in [-0.25, -0.2) is 4.79 Å². The van der Waals surface area contributed by atoms with E-state index in [2.05, 4.69) is 10.2 Å². The molecule has 0 unspecified atom stereocenters. The van der Waals surface area contributed by atoms with Crippen molar-refractivity contribution < 1.29 is 9.90 Å². The van der Waals surface area contributed by atoms with E-state index >= 15 is 0 Å². The first kappa shape index (κ1) is 6.19. The van der Waals surface area contributed by atoms with Crippen molar-refractivity contribution in [3.8, 4) is 0 Å². The van der Waals surface area contributed by atoms with E-state index in [1.165, 1.54) is 0 Å². The van der Waals surface area contributed by atoms with Gasteiger partial charge in [0.15, 0.2) is 0 Å². The van der Waals surface area contributed by atoms with Crippen molar-refractivity contribution >= 4 is 5.97 Å². The molecule has 4 nitrogen and oxygen atoms in total. The van der Waals surface area contributed by atoms with Crippen LogP contribution in [0.1, 0.15) is 13.8 Å². The highest BCUT2D eigenvalue weighted by molar-refractivity contribution is 5.81. The maximum absolute atomic E-state index is 10.3. The molecule has 0 atom stereocenters. The lowest BCUT2D eigenvalue weighted by Crippen LogP contribution is -2.29. The third-order valence-corrected chi connectivity index (χ3v) is 1.44. The smallest absolute Gasteiger partial charge is 0.358 e. The van der Waals surface area contributed by atoms with Crippen molar-refractivity contribution in [1.29, 1.82) is 0 Å². The van der Waals surface area contributed by atoms with Crippen LogP contribution in [0.5, 0.6) is 0 Å². The van der Waals surface area contributed by atoms with Gasteiger partial charge < -0.3 is 5.11 Å². The Kier molecular flexibility index (Phi) is 1.05. The maximum atomic E-state index is 10.3. The molecule has 0 aliphatic carbocycles. The van der Waals surface area contributed by atoms with E-state index in [0.29, 0.717) is 0 Å². The van der Waals surface area contributed by atoms with Crippen LogP contribution in [-0.2, 0) is 4.79 Å². The van der Waals surface area contributed by atoms with E-state index in [4.69, 9.17) is 5.11 Å². The predicted octanol–water partition coefficient (Wildman–Crippen LogP) is 0.889. The van der Waals surface area contributed by atoms with E-state index in [1.54, 1.807) is 13.8 Å². The summed E-state index contributed by atoms with van der Waals surface area (Å²) < 4.78 is 0. The topological polar surface area (TPSA) is 62.0 Å². The number of carbonyl (C=O) groups is 1. The standard InChI is InChI=1S/C5H8N2O2/c1-3(2)5(4(8)9)6-7-5/h3H,1-2H3,(H,8,9). The number of aliphatic carboxylic acids is 1. The fourth-order valence-corrected chi connectivity index (χ4v) is 0.617. The molecule has 0 saturated carbocycles. The second kappa shape index (κ2) is 1.52. The van der Waals surface area contributed by atoms with Crippen LogP contribution in [0.25, 0.3) is 0 Å². The van der Waals surface area contributed by atoms with Crippen molar-refractivity contribution in [2.24, 2.45) is 16.1 Å². The molecule has 0 amide bonds. The van der Waals surface area contributed by atoms with Gasteiger partial charge in [0.1, 0.15) is 0 Å². The summed E-state index contributed by atoms with van der Waals surface area (Å²) in [6.45, 7) is 3.57. The summed E-state index contributed by atoms with van der Waals surface area (Å²) in [4.78, 5) is 10.3. The third-order valence-electron chi connectivity index (χ3n) is 1.44. The molecule has 1 N–H and O–H groups in total. The van der Waals surface area contributed by atoms with Crippen molar-refractivity contribution in [3.63, 3.8) is 0 Å². The van der Waals surface area contributed by atoms with E-state index in [-0.39, 0.29) is 5.92 Å². The SMILES string of the molecule is CC(C)C1(C(=O)O)N=N1. The third kappa shape index (κ3) is 0.704. The number of rotatable bonds is 2. The first-order chi connectivity index (χ1) is 4.09. The minimum absolute atomic E-state index is 0.0324. The van der Waals surface area contributed by atoms with Gasteiger partial charge in [-0.2, -0.15) is 0 Å². The molecule has 0 aromatic heterocycles. The second-order valence-electron chi connectivity index (χ2n) is 2.39. The molecular weight excluding hydrogens is 120 g/mol. The molecule has 50 valence electrons. The Morgan fingerprint density at radius 3 is 2.00 bits per heavy atom. The summed E-state index contributed by atoms with van der Waals surface area (Å²) in [6.07, 6.45) is 0. The zero-order valence-electron chi connectivity index (χ0n) is 5.33. The molecule has 0 bridgehead atoms. The first-order valence-corrected chi connectivity index (χ1v) is 2.77. The summed E-state index contributed by atoms with van der Waals surface area (Å²) in [7, 11) is 0. The molecule has 4 heteroatoms. The molecule has 0 spiro atoms. The monoisotopic (exact) mass is 128 g/mol. The molecule has 9 heavy (non-hydrogen) atoms. The first-order valence-electron chi connectivity index (χ1n) is 2.77. The van der Waals surface area contributed by atoms with E-state index in [0.717, 1.165) is 0 Å². The van der Waals surface area contributed by atoms with Gasteiger partial charge in [0, 0.05) is 5.92 Å². The average molecular weight is 128 g/mol. The number of nitrogens with zero attached hydrogens (tertiary/aromatic N) is 2. The van der Waals surface area contributed by atoms with Gasteiger partial charge in [0.2, 0.25) is 0 Å². The highest BCUT2D eigenvalue weighted by Crippen LogP contribution is 2.35. The fraction of sp³-hybridized carbons (Fsp3) is 0.800. The Hall–Kier alpha value is -0.930. The number of hydrogen-bond acceptors (Lipinski definition) is 3. The van der Waals surface area contributed by atoms with Crippen LogP contribution < -0.4 is 0 Å². The van der Waals surface area contributed by atoms with Crippen LogP contribution in [0.3, 0.4) is 0 Å². The van der Waals surface area contributed by atoms with Gasteiger partial charge >= 0.3 is 5.97 Å². The van der Waals surface area contributed by atoms with Crippen LogP contribution >= 0.6 is 0 Å². The average Bonchev–Trinajstić information content (AvgIpc) is 2.40. The zero-order valence-corrected chi connectivity index (χ0v) is 5.33. The molecule has 1 rings (SSSR count). The lowest BCUT2D eigenvalue weighted by molar-refractivity contribution is -0.141. The largest absolute Gasteiger partial charge is 0.478 e. The normalized spacial score (nSPS) is 20.3. The molecule has 1 heterocycles. The lowest BCUT2D eigenvalue weighted by Gasteiger charge is -2.06. The van der Waals surface area contributed by atoms with Crippen LogP contribution in [-0.4, -0.2) is 16.7 Å². The Bertz CT molecular complexity index is 168. The summed E-state index contributed by atoms with van der Waals surface area (Å²) in [5, 5.41) is 15.4. The highest BCUT2D eigenvalue weighted by atomic mass is 16.4. The van der Waals surface area contributed by atoms with Crippen LogP contribution in [0.4, 0.5) is 0 Å². The predicted molar refractivity (Wildman–Crippen MR) is 30.1 cm³/mol. The Morgan fingerprint density at radius 2 is 2.00 bits per heavy atom. The lowest BCUT2D eigenvalue weighted by atomic mass is 10.0. The number of carboxylic acids is 1. The molecule has 0 radical (unpaired) electrons.